The van der Waals surface area contributed by atoms with Gasteiger partial charge in [-0.1, -0.05) is 13.3 Å². The summed E-state index contributed by atoms with van der Waals surface area (Å²) in [5, 5.41) is 10.6. The quantitative estimate of drug-likeness (QED) is 0.927. The minimum atomic E-state index is -0.740. The molecule has 0 bridgehead atoms. The van der Waals surface area contributed by atoms with Gasteiger partial charge in [-0.3, -0.25) is 9.59 Å². The summed E-state index contributed by atoms with van der Waals surface area (Å²) in [6, 6.07) is 0. The van der Waals surface area contributed by atoms with E-state index in [1.165, 1.54) is 11.3 Å². The van der Waals surface area contributed by atoms with E-state index in [1.54, 1.807) is 11.1 Å². The number of amides is 1. The Balaban J connectivity index is 1.76. The van der Waals surface area contributed by atoms with E-state index < -0.39 is 11.4 Å². The number of nitrogens with zero attached hydrogens (tertiary/aromatic N) is 2. The van der Waals surface area contributed by atoms with E-state index in [2.05, 4.69) is 11.9 Å². The van der Waals surface area contributed by atoms with Crippen molar-refractivity contribution in [3.63, 3.8) is 0 Å². The number of fused-ring (bicyclic) bond motifs is 1. The van der Waals surface area contributed by atoms with Crippen LogP contribution >= 0.6 is 11.3 Å². The molecule has 1 N–H and O–H groups in total. The Morgan fingerprint density at radius 1 is 1.57 bits per heavy atom. The van der Waals surface area contributed by atoms with Gasteiger partial charge in [-0.2, -0.15) is 0 Å². The first-order valence-corrected chi connectivity index (χ1v) is 8.36. The Labute approximate surface area is 128 Å². The van der Waals surface area contributed by atoms with E-state index in [1.807, 2.05) is 0 Å². The number of hydrogen-bond acceptors (Lipinski definition) is 4. The fraction of sp³-hybridized carbons (Fsp3) is 0.667. The van der Waals surface area contributed by atoms with Crippen LogP contribution in [0.2, 0.25) is 0 Å². The summed E-state index contributed by atoms with van der Waals surface area (Å²) >= 11 is 1.44. The van der Waals surface area contributed by atoms with Gasteiger partial charge in [0.05, 0.1) is 16.6 Å². The van der Waals surface area contributed by atoms with Crippen molar-refractivity contribution in [2.24, 2.45) is 11.3 Å². The molecule has 6 heteroatoms. The minimum Gasteiger partial charge on any atom is -0.481 e. The monoisotopic (exact) mass is 308 g/mol. The number of hydrogen-bond donors (Lipinski definition) is 1. The molecule has 1 saturated carbocycles. The first-order valence-electron chi connectivity index (χ1n) is 7.54. The molecule has 1 saturated heterocycles. The molecule has 3 rings (SSSR count). The van der Waals surface area contributed by atoms with Crippen LogP contribution in [0.3, 0.4) is 0 Å². The van der Waals surface area contributed by atoms with Gasteiger partial charge in [-0.05, 0) is 31.6 Å². The van der Waals surface area contributed by atoms with Gasteiger partial charge in [0.25, 0.3) is 5.91 Å². The van der Waals surface area contributed by atoms with Gasteiger partial charge >= 0.3 is 5.97 Å². The van der Waals surface area contributed by atoms with Gasteiger partial charge < -0.3 is 10.0 Å². The number of carbonyl (C=O) groups excluding carboxylic acids is 1. The predicted molar refractivity (Wildman–Crippen MR) is 79.4 cm³/mol. The first kappa shape index (κ1) is 14.5. The second-order valence-corrected chi connectivity index (χ2v) is 7.22. The third-order valence-corrected chi connectivity index (χ3v) is 5.86. The first-order chi connectivity index (χ1) is 10.1. The number of carbonyl (C=O) groups is 2. The molecule has 2 atom stereocenters. The molecule has 0 unspecified atom stereocenters. The molecule has 0 radical (unpaired) electrons. The molecule has 1 aromatic rings. The van der Waals surface area contributed by atoms with E-state index in [4.69, 9.17) is 0 Å². The summed E-state index contributed by atoms with van der Waals surface area (Å²) < 4.78 is 0. The van der Waals surface area contributed by atoms with Gasteiger partial charge in [-0.25, -0.2) is 4.98 Å². The molecule has 1 aliphatic carbocycles. The van der Waals surface area contributed by atoms with Crippen LogP contribution in [0.15, 0.2) is 6.20 Å². The zero-order valence-corrected chi connectivity index (χ0v) is 13.0. The van der Waals surface area contributed by atoms with Crippen molar-refractivity contribution in [2.45, 2.75) is 39.0 Å². The molecule has 1 amide bonds. The average Bonchev–Trinajstić information content (AvgIpc) is 3.11. The second kappa shape index (κ2) is 5.40. The Kier molecular flexibility index (Phi) is 3.73. The number of likely N-dealkylation sites (tertiary alicyclic amines) is 1. The second-order valence-electron chi connectivity index (χ2n) is 6.10. The normalized spacial score (nSPS) is 27.9. The van der Waals surface area contributed by atoms with Crippen molar-refractivity contribution >= 4 is 23.2 Å². The van der Waals surface area contributed by atoms with Crippen molar-refractivity contribution in [2.75, 3.05) is 13.1 Å². The van der Waals surface area contributed by atoms with Crippen LogP contribution in [0.1, 0.15) is 47.3 Å². The van der Waals surface area contributed by atoms with Crippen LogP contribution in [-0.2, 0) is 11.2 Å². The van der Waals surface area contributed by atoms with E-state index in [-0.39, 0.29) is 11.8 Å². The van der Waals surface area contributed by atoms with Crippen molar-refractivity contribution in [3.05, 3.63) is 16.1 Å². The number of aromatic nitrogens is 1. The van der Waals surface area contributed by atoms with Gasteiger partial charge in [0.15, 0.2) is 0 Å². The number of rotatable bonds is 4. The highest BCUT2D eigenvalue weighted by Gasteiger charge is 2.55. The highest BCUT2D eigenvalue weighted by atomic mass is 32.1. The summed E-state index contributed by atoms with van der Waals surface area (Å²) in [4.78, 5) is 30.9. The zero-order valence-electron chi connectivity index (χ0n) is 12.2. The summed E-state index contributed by atoms with van der Waals surface area (Å²) in [5.74, 6) is -0.678. The minimum absolute atomic E-state index is 0.0510. The molecule has 2 aliphatic rings. The van der Waals surface area contributed by atoms with Crippen LogP contribution < -0.4 is 0 Å². The van der Waals surface area contributed by atoms with E-state index in [0.717, 1.165) is 30.7 Å². The lowest BCUT2D eigenvalue weighted by atomic mass is 9.81. The van der Waals surface area contributed by atoms with Crippen molar-refractivity contribution in [1.82, 2.24) is 9.88 Å². The number of carboxylic acid groups (broad SMARTS) is 1. The number of aliphatic carboxylic acids is 1. The molecule has 1 aromatic heterocycles. The summed E-state index contributed by atoms with van der Waals surface area (Å²) in [5.41, 5.74) is -0.702. The summed E-state index contributed by atoms with van der Waals surface area (Å²) in [7, 11) is 0. The predicted octanol–water partition coefficient (Wildman–Crippen LogP) is 2.42. The van der Waals surface area contributed by atoms with Crippen LogP contribution in [0.4, 0.5) is 0 Å². The highest BCUT2D eigenvalue weighted by Crippen LogP contribution is 2.49. The number of thiazole rings is 1. The lowest BCUT2D eigenvalue weighted by Crippen LogP contribution is -2.37. The number of aryl methyl sites for hydroxylation is 1. The maximum absolute atomic E-state index is 12.6. The average molecular weight is 308 g/mol. The fourth-order valence-electron chi connectivity index (χ4n) is 3.69. The molecule has 21 heavy (non-hydrogen) atoms. The topological polar surface area (TPSA) is 70.5 Å². The Morgan fingerprint density at radius 2 is 2.38 bits per heavy atom. The zero-order chi connectivity index (χ0) is 15.0. The van der Waals surface area contributed by atoms with E-state index in [0.29, 0.717) is 24.4 Å². The molecule has 1 aliphatic heterocycles. The van der Waals surface area contributed by atoms with E-state index in [9.17, 15) is 14.7 Å². The fourth-order valence-corrected chi connectivity index (χ4v) is 4.68. The molecular weight excluding hydrogens is 288 g/mol. The SMILES string of the molecule is CCCc1ncc(C(=O)N2C[C@@H]3CCC[C@@]3(C(=O)O)C2)s1. The van der Waals surface area contributed by atoms with Crippen LogP contribution in [0, 0.1) is 11.3 Å². The maximum atomic E-state index is 12.6. The summed E-state index contributed by atoms with van der Waals surface area (Å²) in [6.07, 6.45) is 6.11. The third kappa shape index (κ3) is 2.35. The van der Waals surface area contributed by atoms with Crippen LogP contribution in [-0.4, -0.2) is 40.0 Å². The Bertz CT molecular complexity index is 571. The number of carboxylic acids is 1. The van der Waals surface area contributed by atoms with Gasteiger partial charge in [0, 0.05) is 13.1 Å². The lowest BCUT2D eigenvalue weighted by molar-refractivity contribution is -0.149. The highest BCUT2D eigenvalue weighted by molar-refractivity contribution is 7.13. The van der Waals surface area contributed by atoms with Crippen molar-refractivity contribution < 1.29 is 14.7 Å². The Hall–Kier alpha value is -1.43. The molecule has 0 spiro atoms. The van der Waals surface area contributed by atoms with Crippen LogP contribution in [0.25, 0.3) is 0 Å². The van der Waals surface area contributed by atoms with E-state index >= 15 is 0 Å². The largest absolute Gasteiger partial charge is 0.481 e. The molecule has 5 nitrogen and oxygen atoms in total. The van der Waals surface area contributed by atoms with Crippen molar-refractivity contribution in [1.29, 1.82) is 0 Å². The smallest absolute Gasteiger partial charge is 0.311 e. The third-order valence-electron chi connectivity index (χ3n) is 4.81. The van der Waals surface area contributed by atoms with Crippen LogP contribution in [0.5, 0.6) is 0 Å². The molecule has 114 valence electrons. The van der Waals surface area contributed by atoms with Gasteiger partial charge in [0.2, 0.25) is 0 Å². The van der Waals surface area contributed by atoms with Crippen molar-refractivity contribution in [3.8, 4) is 0 Å². The Morgan fingerprint density at radius 3 is 3.05 bits per heavy atom. The standard InChI is InChI=1S/C15H20N2O3S/c1-2-4-12-16-7-11(21-12)13(18)17-8-10-5-3-6-15(10,9-17)14(19)20/h7,10H,2-6,8-9H2,1H3,(H,19,20)/t10-,15+/m0/s1. The molecule has 0 aromatic carbocycles. The lowest BCUT2D eigenvalue weighted by Gasteiger charge is -2.23. The summed E-state index contributed by atoms with van der Waals surface area (Å²) in [6.45, 7) is 3.01. The molecule has 2 fully saturated rings. The van der Waals surface area contributed by atoms with Gasteiger partial charge in [-0.15, -0.1) is 11.3 Å². The molecule has 2 heterocycles. The van der Waals surface area contributed by atoms with Gasteiger partial charge in [0.1, 0.15) is 4.88 Å². The molecular formula is C15H20N2O3S. The maximum Gasteiger partial charge on any atom is 0.311 e.